The molecule has 3 N–H and O–H groups in total. The molecule has 0 radical (unpaired) electrons. The van der Waals surface area contributed by atoms with Gasteiger partial charge in [-0.05, 0) is 48.1 Å². The number of nitrogens with two attached hydrogens (primary N) is 1. The highest BCUT2D eigenvalue weighted by atomic mass is 31.2. The lowest BCUT2D eigenvalue weighted by Gasteiger charge is -2.27. The van der Waals surface area contributed by atoms with Crippen molar-refractivity contribution in [2.75, 3.05) is 25.6 Å². The molecule has 1 aliphatic rings. The van der Waals surface area contributed by atoms with Crippen LogP contribution in [0.25, 0.3) is 6.20 Å². The van der Waals surface area contributed by atoms with Gasteiger partial charge in [-0.1, -0.05) is 89.1 Å². The molecule has 1 aromatic heterocycles. The topological polar surface area (TPSA) is 161 Å². The first kappa shape index (κ1) is 36.6. The highest BCUT2D eigenvalue weighted by Crippen LogP contribution is 2.56. The lowest BCUT2D eigenvalue weighted by molar-refractivity contribution is -0.149. The van der Waals surface area contributed by atoms with E-state index in [1.54, 1.807) is 50.4 Å². The van der Waals surface area contributed by atoms with Crippen LogP contribution in [-0.2, 0) is 34.6 Å². The van der Waals surface area contributed by atoms with E-state index in [4.69, 9.17) is 24.3 Å². The van der Waals surface area contributed by atoms with Gasteiger partial charge in [-0.15, -0.1) is 0 Å². The number of hydrogen-bond donors (Lipinski definition) is 2. The summed E-state index contributed by atoms with van der Waals surface area (Å²) >= 11 is 0. The number of rotatable bonds is 18. The maximum Gasteiger partial charge on any atom is 0.459 e. The molecule has 48 heavy (non-hydrogen) atoms. The van der Waals surface area contributed by atoms with E-state index < -0.39 is 36.8 Å². The second-order valence-corrected chi connectivity index (χ2v) is 14.0. The Balaban J connectivity index is 1.64. The predicted octanol–water partition coefficient (Wildman–Crippen LogP) is 5.64. The van der Waals surface area contributed by atoms with E-state index in [0.29, 0.717) is 12.0 Å². The molecule has 0 bridgehead atoms. The molecule has 2 aromatic carbocycles. The largest absolute Gasteiger partial charge is 0.464 e. The van der Waals surface area contributed by atoms with Crippen molar-refractivity contribution in [3.8, 4) is 5.75 Å². The SMILES string of the molecule is CCC(CC)COC(=O)[C@H](Cc1ccccc1)NP(=O)(OCC1(COC(=O)C(C)C)C/C1=C/n1ccc(N)nc1=O)Oc1ccccc1. The van der Waals surface area contributed by atoms with Gasteiger partial charge in [-0.2, -0.15) is 10.1 Å². The number of benzene rings is 2. The Morgan fingerprint density at radius 1 is 1.00 bits per heavy atom. The third-order valence-electron chi connectivity index (χ3n) is 8.17. The monoisotopic (exact) mass is 680 g/mol. The Labute approximate surface area is 281 Å². The minimum absolute atomic E-state index is 0.0828. The van der Waals surface area contributed by atoms with E-state index in [-0.39, 0.29) is 49.6 Å². The van der Waals surface area contributed by atoms with Crippen molar-refractivity contribution in [1.82, 2.24) is 14.6 Å². The maximum atomic E-state index is 14.6. The van der Waals surface area contributed by atoms with Gasteiger partial charge in [0.05, 0.1) is 24.5 Å². The second kappa shape index (κ2) is 16.7. The number of nitrogens with one attached hydrogen (secondary N) is 1. The standard InChI is InChI=1S/C35H45N4O8P/c1-5-26(6-2)22-44-33(41)30(19-27-13-9-7-10-14-27)38-48(43,47-29-15-11-8-12-16-29)46-24-35(23-45-32(40)25(3)4)20-28(35)21-39-18-17-31(36)37-34(39)42/h7-18,21,25-26,30H,5-6,19-20,22-24H2,1-4H3,(H,38,43)(H2,36,37,42)/b28-21-/t30-,35?,48?/m0/s1. The predicted molar refractivity (Wildman–Crippen MR) is 183 cm³/mol. The summed E-state index contributed by atoms with van der Waals surface area (Å²) < 4.78 is 39.3. The fourth-order valence-electron chi connectivity index (χ4n) is 4.87. The summed E-state index contributed by atoms with van der Waals surface area (Å²) in [6.07, 6.45) is 5.27. The van der Waals surface area contributed by atoms with Crippen molar-refractivity contribution in [1.29, 1.82) is 0 Å². The second-order valence-electron chi connectivity index (χ2n) is 12.3. The molecular formula is C35H45N4O8P. The Bertz CT molecular complexity index is 1660. The third-order valence-corrected chi connectivity index (χ3v) is 9.72. The van der Waals surface area contributed by atoms with Crippen LogP contribution < -0.4 is 21.0 Å². The van der Waals surface area contributed by atoms with Gasteiger partial charge in [-0.25, -0.2) is 9.36 Å². The number of nitrogens with zero attached hydrogens (tertiary/aromatic N) is 2. The molecule has 1 saturated carbocycles. The number of aromatic nitrogens is 2. The lowest BCUT2D eigenvalue weighted by Crippen LogP contribution is -2.40. The molecule has 1 heterocycles. The van der Waals surface area contributed by atoms with Crippen LogP contribution in [-0.4, -0.2) is 47.4 Å². The molecule has 2 unspecified atom stereocenters. The van der Waals surface area contributed by atoms with Gasteiger partial charge >= 0.3 is 25.4 Å². The first-order chi connectivity index (χ1) is 23.0. The normalized spacial score (nSPS) is 18.3. The van der Waals surface area contributed by atoms with E-state index >= 15 is 0 Å². The average molecular weight is 681 g/mol. The number of esters is 2. The zero-order valence-electron chi connectivity index (χ0n) is 27.9. The summed E-state index contributed by atoms with van der Waals surface area (Å²) in [5.74, 6) is -0.863. The molecule has 3 aromatic rings. The zero-order valence-corrected chi connectivity index (χ0v) is 28.8. The number of para-hydroxylation sites is 1. The number of carbonyl (C=O) groups is 2. The Kier molecular flexibility index (Phi) is 12.7. The molecule has 0 saturated heterocycles. The molecule has 258 valence electrons. The summed E-state index contributed by atoms with van der Waals surface area (Å²) in [5, 5.41) is 2.88. The first-order valence-corrected chi connectivity index (χ1v) is 17.7. The van der Waals surface area contributed by atoms with E-state index in [1.165, 1.54) is 16.8 Å². The molecule has 3 atom stereocenters. The van der Waals surface area contributed by atoms with Crippen molar-refractivity contribution < 1.29 is 32.7 Å². The summed E-state index contributed by atoms with van der Waals surface area (Å²) in [6, 6.07) is 18.2. The quantitative estimate of drug-likeness (QED) is 0.126. The van der Waals surface area contributed by atoms with Crippen molar-refractivity contribution in [3.63, 3.8) is 0 Å². The number of ether oxygens (including phenoxy) is 2. The lowest BCUT2D eigenvalue weighted by atomic mass is 10.0. The van der Waals surface area contributed by atoms with Gasteiger partial charge in [-0.3, -0.25) is 18.7 Å². The van der Waals surface area contributed by atoms with Crippen LogP contribution in [0.4, 0.5) is 5.82 Å². The summed E-state index contributed by atoms with van der Waals surface area (Å²) in [7, 11) is -4.31. The van der Waals surface area contributed by atoms with Crippen LogP contribution in [0.15, 0.2) is 83.3 Å². The van der Waals surface area contributed by atoms with E-state index in [2.05, 4.69) is 10.1 Å². The number of anilines is 1. The molecule has 13 heteroatoms. The van der Waals surface area contributed by atoms with Crippen LogP contribution in [0.5, 0.6) is 5.75 Å². The third kappa shape index (κ3) is 10.4. The molecule has 0 aliphatic heterocycles. The smallest absolute Gasteiger partial charge is 0.459 e. The minimum atomic E-state index is -4.31. The van der Waals surface area contributed by atoms with E-state index in [0.717, 1.165) is 18.4 Å². The summed E-state index contributed by atoms with van der Waals surface area (Å²) in [5.41, 5.74) is 5.65. The molecule has 4 rings (SSSR count). The van der Waals surface area contributed by atoms with Crippen LogP contribution in [0.2, 0.25) is 0 Å². The highest BCUT2D eigenvalue weighted by Gasteiger charge is 2.52. The van der Waals surface area contributed by atoms with Gasteiger partial charge in [0.2, 0.25) is 0 Å². The maximum absolute atomic E-state index is 14.6. The molecule has 1 aliphatic carbocycles. The Morgan fingerprint density at radius 2 is 1.67 bits per heavy atom. The summed E-state index contributed by atoms with van der Waals surface area (Å²) in [4.78, 5) is 42.2. The Morgan fingerprint density at radius 3 is 2.29 bits per heavy atom. The highest BCUT2D eigenvalue weighted by molar-refractivity contribution is 7.52. The van der Waals surface area contributed by atoms with E-state index in [9.17, 15) is 18.9 Å². The fraction of sp³-hybridized carbons (Fsp3) is 0.429. The van der Waals surface area contributed by atoms with E-state index in [1.807, 2.05) is 44.2 Å². The van der Waals surface area contributed by atoms with Crippen LogP contribution in [0.3, 0.4) is 0 Å². The van der Waals surface area contributed by atoms with Gasteiger partial charge in [0, 0.05) is 12.4 Å². The molecular weight excluding hydrogens is 635 g/mol. The first-order valence-electron chi connectivity index (χ1n) is 16.2. The van der Waals surface area contributed by atoms with Crippen molar-refractivity contribution in [2.45, 2.75) is 59.4 Å². The average Bonchev–Trinajstić information content (AvgIpc) is 3.77. The van der Waals surface area contributed by atoms with Crippen molar-refractivity contribution >= 4 is 31.7 Å². The minimum Gasteiger partial charge on any atom is -0.464 e. The van der Waals surface area contributed by atoms with Crippen LogP contribution in [0, 0.1) is 17.3 Å². The van der Waals surface area contributed by atoms with Crippen molar-refractivity contribution in [2.24, 2.45) is 17.3 Å². The molecule has 1 fully saturated rings. The number of carbonyl (C=O) groups excluding carboxylic acids is 2. The summed E-state index contributed by atoms with van der Waals surface area (Å²) in [6.45, 7) is 7.41. The van der Waals surface area contributed by atoms with Crippen molar-refractivity contribution in [3.05, 3.63) is 94.5 Å². The van der Waals surface area contributed by atoms with Gasteiger partial charge in [0.1, 0.15) is 24.2 Å². The molecule has 0 amide bonds. The molecule has 12 nitrogen and oxygen atoms in total. The van der Waals surface area contributed by atoms with Gasteiger partial charge in [0.25, 0.3) is 0 Å². The van der Waals surface area contributed by atoms with Gasteiger partial charge < -0.3 is 19.7 Å². The fourth-order valence-corrected chi connectivity index (χ4v) is 6.44. The number of nitrogen functional groups attached to an aromatic ring is 1. The number of hydrogen-bond acceptors (Lipinski definition) is 10. The van der Waals surface area contributed by atoms with Gasteiger partial charge in [0.15, 0.2) is 0 Å². The molecule has 0 spiro atoms. The Hall–Kier alpha value is -4.25. The zero-order chi connectivity index (χ0) is 34.7. The van der Waals surface area contributed by atoms with Crippen LogP contribution >= 0.6 is 7.75 Å². The van der Waals surface area contributed by atoms with Crippen LogP contribution in [0.1, 0.15) is 52.5 Å².